The van der Waals surface area contributed by atoms with Gasteiger partial charge in [-0.15, -0.1) is 5.10 Å². The van der Waals surface area contributed by atoms with Gasteiger partial charge in [0.15, 0.2) is 5.82 Å². The molecule has 3 aromatic carbocycles. The van der Waals surface area contributed by atoms with Crippen molar-refractivity contribution >= 4 is 45.1 Å². The minimum atomic E-state index is -4.57. The summed E-state index contributed by atoms with van der Waals surface area (Å²) >= 11 is 1.000. The SMILES string of the molecule is COc1ccc(-c2nc3s/c(=C4\C(=O)N(CC(=O)Nc5cccc(C(F)(F)F)c5)c5ccccc54)c(=O)n3n2)cc1. The van der Waals surface area contributed by atoms with Crippen molar-refractivity contribution in [3.63, 3.8) is 0 Å². The Balaban J connectivity index is 1.33. The number of halogens is 3. The van der Waals surface area contributed by atoms with Crippen molar-refractivity contribution in [1.29, 1.82) is 0 Å². The van der Waals surface area contributed by atoms with Crippen LogP contribution in [0.5, 0.6) is 5.75 Å². The molecule has 13 heteroatoms. The number of hydrogen-bond acceptors (Lipinski definition) is 7. The topological polar surface area (TPSA) is 106 Å². The highest BCUT2D eigenvalue weighted by Gasteiger charge is 2.36. The number of anilines is 2. The number of fused-ring (bicyclic) bond motifs is 2. The molecule has 0 spiro atoms. The molecule has 0 aliphatic carbocycles. The van der Waals surface area contributed by atoms with Crippen molar-refractivity contribution in [2.45, 2.75) is 6.18 Å². The number of carbonyl (C=O) groups excluding carboxylic acids is 2. The molecule has 206 valence electrons. The summed E-state index contributed by atoms with van der Waals surface area (Å²) in [5.74, 6) is -0.312. The van der Waals surface area contributed by atoms with Crippen LogP contribution in [0.4, 0.5) is 24.5 Å². The quantitative estimate of drug-likeness (QED) is 0.341. The van der Waals surface area contributed by atoms with E-state index < -0.39 is 35.7 Å². The summed E-state index contributed by atoms with van der Waals surface area (Å²) in [4.78, 5) is 45.7. The third-order valence-corrected chi connectivity index (χ3v) is 7.46. The Hall–Kier alpha value is -5.04. The minimum Gasteiger partial charge on any atom is -0.497 e. The summed E-state index contributed by atoms with van der Waals surface area (Å²) in [5, 5.41) is 6.74. The van der Waals surface area contributed by atoms with Crippen molar-refractivity contribution < 1.29 is 27.5 Å². The lowest BCUT2D eigenvalue weighted by molar-refractivity contribution is -0.137. The van der Waals surface area contributed by atoms with Gasteiger partial charge in [-0.3, -0.25) is 19.3 Å². The van der Waals surface area contributed by atoms with Crippen molar-refractivity contribution in [2.24, 2.45) is 0 Å². The zero-order chi connectivity index (χ0) is 28.9. The van der Waals surface area contributed by atoms with E-state index in [0.29, 0.717) is 28.4 Å². The van der Waals surface area contributed by atoms with E-state index in [0.717, 1.165) is 28.0 Å². The molecule has 1 N–H and O–H groups in total. The van der Waals surface area contributed by atoms with E-state index in [1.807, 2.05) is 0 Å². The maximum Gasteiger partial charge on any atom is 0.416 e. The normalized spacial score (nSPS) is 14.4. The van der Waals surface area contributed by atoms with Gasteiger partial charge in [-0.1, -0.05) is 35.6 Å². The Morgan fingerprint density at radius 3 is 2.49 bits per heavy atom. The molecule has 41 heavy (non-hydrogen) atoms. The smallest absolute Gasteiger partial charge is 0.416 e. The maximum atomic E-state index is 13.6. The Kier molecular flexibility index (Phi) is 6.30. The lowest BCUT2D eigenvalue weighted by Crippen LogP contribution is -2.37. The summed E-state index contributed by atoms with van der Waals surface area (Å²) < 4.78 is 45.6. The number of thiazole rings is 1. The zero-order valence-corrected chi connectivity index (χ0v) is 21.9. The predicted molar refractivity (Wildman–Crippen MR) is 146 cm³/mol. The van der Waals surface area contributed by atoms with E-state index in [1.165, 1.54) is 17.0 Å². The summed E-state index contributed by atoms with van der Waals surface area (Å²) in [5.41, 5.74) is 0.101. The average Bonchev–Trinajstić information content (AvgIpc) is 3.59. The number of methoxy groups -OCH3 is 1. The molecule has 2 aromatic heterocycles. The summed E-state index contributed by atoms with van der Waals surface area (Å²) in [6.07, 6.45) is -4.57. The van der Waals surface area contributed by atoms with E-state index in [2.05, 4.69) is 15.4 Å². The Labute approximate surface area is 233 Å². The van der Waals surface area contributed by atoms with Crippen molar-refractivity contribution in [2.75, 3.05) is 23.9 Å². The van der Waals surface area contributed by atoms with Gasteiger partial charge in [-0.05, 0) is 48.5 Å². The molecule has 0 fully saturated rings. The van der Waals surface area contributed by atoms with Crippen LogP contribution < -0.4 is 25.0 Å². The number of ether oxygens (including phenoxy) is 1. The molecule has 9 nitrogen and oxygen atoms in total. The van der Waals surface area contributed by atoms with Gasteiger partial charge < -0.3 is 10.1 Å². The number of carbonyl (C=O) groups is 2. The number of aromatic nitrogens is 3. The van der Waals surface area contributed by atoms with E-state index >= 15 is 0 Å². The number of nitrogens with zero attached hydrogens (tertiary/aromatic N) is 4. The lowest BCUT2D eigenvalue weighted by Gasteiger charge is -2.17. The fraction of sp³-hybridized carbons (Fsp3) is 0.107. The van der Waals surface area contributed by atoms with E-state index in [9.17, 15) is 27.6 Å². The molecule has 3 heterocycles. The van der Waals surface area contributed by atoms with Crippen LogP contribution in [0.1, 0.15) is 11.1 Å². The minimum absolute atomic E-state index is 0.0611. The second-order valence-corrected chi connectivity index (χ2v) is 9.98. The number of para-hydroxylation sites is 1. The first-order valence-electron chi connectivity index (χ1n) is 12.1. The molecule has 1 aliphatic rings. The highest BCUT2D eigenvalue weighted by molar-refractivity contribution is 7.15. The molecule has 5 aromatic rings. The Morgan fingerprint density at radius 2 is 1.78 bits per heavy atom. The molecule has 0 saturated carbocycles. The molecule has 0 saturated heterocycles. The highest BCUT2D eigenvalue weighted by atomic mass is 32.1. The van der Waals surface area contributed by atoms with Gasteiger partial charge >= 0.3 is 6.18 Å². The number of rotatable bonds is 5. The molecular weight excluding hydrogens is 559 g/mol. The first-order chi connectivity index (χ1) is 19.6. The van der Waals surface area contributed by atoms with Gasteiger partial charge in [0.1, 0.15) is 16.8 Å². The maximum absolute atomic E-state index is 13.6. The predicted octanol–water partition coefficient (Wildman–Crippen LogP) is 3.75. The number of alkyl halides is 3. The monoisotopic (exact) mass is 577 g/mol. The molecule has 0 atom stereocenters. The first-order valence-corrected chi connectivity index (χ1v) is 12.9. The number of amides is 2. The molecule has 6 rings (SSSR count). The summed E-state index contributed by atoms with van der Waals surface area (Å²) in [6, 6.07) is 17.9. The number of nitrogens with one attached hydrogen (secondary N) is 1. The van der Waals surface area contributed by atoms with Crippen LogP contribution in [0.3, 0.4) is 0 Å². The van der Waals surface area contributed by atoms with Crippen molar-refractivity contribution in [1.82, 2.24) is 14.6 Å². The van der Waals surface area contributed by atoms with Gasteiger partial charge in [0.2, 0.25) is 10.9 Å². The van der Waals surface area contributed by atoms with Crippen LogP contribution in [0.2, 0.25) is 0 Å². The molecular formula is C28H18F3N5O4S. The lowest BCUT2D eigenvalue weighted by atomic mass is 10.1. The van der Waals surface area contributed by atoms with Crippen LogP contribution in [-0.2, 0) is 15.8 Å². The van der Waals surface area contributed by atoms with Crippen molar-refractivity contribution in [3.8, 4) is 17.1 Å². The third kappa shape index (κ3) is 4.69. The van der Waals surface area contributed by atoms with Crippen LogP contribution in [-0.4, -0.2) is 40.1 Å². The third-order valence-electron chi connectivity index (χ3n) is 6.43. The fourth-order valence-electron chi connectivity index (χ4n) is 4.52. The number of hydrogen-bond donors (Lipinski definition) is 1. The van der Waals surface area contributed by atoms with Gasteiger partial charge in [0, 0.05) is 16.8 Å². The Bertz CT molecular complexity index is 1950. The molecule has 0 radical (unpaired) electrons. The van der Waals surface area contributed by atoms with Crippen LogP contribution in [0, 0.1) is 0 Å². The van der Waals surface area contributed by atoms with Gasteiger partial charge in [0.05, 0.1) is 23.9 Å². The fourth-order valence-corrected chi connectivity index (χ4v) is 5.52. The van der Waals surface area contributed by atoms with E-state index in [1.54, 1.807) is 55.6 Å². The van der Waals surface area contributed by atoms with Crippen molar-refractivity contribution in [3.05, 3.63) is 98.8 Å². The molecule has 0 unspecified atom stereocenters. The largest absolute Gasteiger partial charge is 0.497 e. The number of benzene rings is 3. The second kappa shape index (κ2) is 9.86. The van der Waals surface area contributed by atoms with Crippen LogP contribution in [0.25, 0.3) is 21.9 Å². The van der Waals surface area contributed by atoms with Gasteiger partial charge in [-0.2, -0.15) is 22.7 Å². The zero-order valence-electron chi connectivity index (χ0n) is 21.1. The first kappa shape index (κ1) is 26.2. The second-order valence-electron chi connectivity index (χ2n) is 9.00. The standard InChI is InChI=1S/C28H18F3N5O4S/c1-40-18-11-9-15(10-12-18)24-33-27-36(34-24)26(39)23(41-27)22-19-7-2-3-8-20(19)35(25(22)38)14-21(37)32-17-6-4-5-16(13-17)28(29,30)31/h2-13H,14H2,1H3,(H,32,37)/b23-22-. The highest BCUT2D eigenvalue weighted by Crippen LogP contribution is 2.35. The van der Waals surface area contributed by atoms with Crippen LogP contribution in [0.15, 0.2) is 77.6 Å². The summed E-state index contributed by atoms with van der Waals surface area (Å²) in [6.45, 7) is -0.480. The molecule has 0 bridgehead atoms. The molecule has 2 amide bonds. The Morgan fingerprint density at radius 1 is 1.02 bits per heavy atom. The van der Waals surface area contributed by atoms with Crippen LogP contribution >= 0.6 is 11.3 Å². The van der Waals surface area contributed by atoms with E-state index in [-0.39, 0.29) is 20.8 Å². The summed E-state index contributed by atoms with van der Waals surface area (Å²) in [7, 11) is 1.55. The van der Waals surface area contributed by atoms with Gasteiger partial charge in [0.25, 0.3) is 11.5 Å². The van der Waals surface area contributed by atoms with E-state index in [4.69, 9.17) is 4.74 Å². The van der Waals surface area contributed by atoms with Gasteiger partial charge in [-0.25, -0.2) is 0 Å². The average molecular weight is 578 g/mol. The molecule has 1 aliphatic heterocycles.